The number of alkyl halides is 3. The van der Waals surface area contributed by atoms with Crippen LogP contribution in [0.4, 0.5) is 35.9 Å². The minimum atomic E-state index is -4.73. The molecule has 0 aliphatic rings. The van der Waals surface area contributed by atoms with Gasteiger partial charge in [0.15, 0.2) is 0 Å². The monoisotopic (exact) mass is 410 g/mol. The fourth-order valence-corrected chi connectivity index (χ4v) is 2.37. The van der Waals surface area contributed by atoms with Crippen molar-refractivity contribution >= 4 is 34.6 Å². The van der Waals surface area contributed by atoms with Crippen molar-refractivity contribution in [1.29, 1.82) is 0 Å². The second-order valence-corrected chi connectivity index (χ2v) is 6.10. The number of amides is 2. The van der Waals surface area contributed by atoms with Gasteiger partial charge in [-0.25, -0.2) is 0 Å². The van der Waals surface area contributed by atoms with E-state index >= 15 is 0 Å². The third kappa shape index (κ3) is 5.92. The van der Waals surface area contributed by atoms with E-state index in [1.54, 1.807) is 12.1 Å². The molecule has 29 heavy (non-hydrogen) atoms. The van der Waals surface area contributed by atoms with E-state index in [1.807, 2.05) is 0 Å². The summed E-state index contributed by atoms with van der Waals surface area (Å²) in [5.41, 5.74) is -1.24. The molecular weight excluding hydrogens is 393 g/mol. The van der Waals surface area contributed by atoms with Crippen molar-refractivity contribution < 1.29 is 27.7 Å². The highest BCUT2D eigenvalue weighted by atomic mass is 19.4. The summed E-state index contributed by atoms with van der Waals surface area (Å²) < 4.78 is 38.3. The molecular formula is C18H17F3N4O4. The Bertz CT molecular complexity index is 930. The largest absolute Gasteiger partial charge is 0.416 e. The minimum Gasteiger partial charge on any atom is -0.368 e. The van der Waals surface area contributed by atoms with Crippen LogP contribution in [0.2, 0.25) is 0 Å². The molecule has 0 aliphatic carbocycles. The smallest absolute Gasteiger partial charge is 0.368 e. The number of nitro benzene ring substituents is 1. The molecule has 0 unspecified atom stereocenters. The van der Waals surface area contributed by atoms with Crippen LogP contribution in [0.15, 0.2) is 42.5 Å². The second-order valence-electron chi connectivity index (χ2n) is 6.10. The van der Waals surface area contributed by atoms with E-state index in [9.17, 15) is 32.9 Å². The number of nitrogens with zero attached hydrogens (tertiary/aromatic N) is 1. The molecule has 2 aromatic carbocycles. The van der Waals surface area contributed by atoms with Crippen LogP contribution in [0.25, 0.3) is 0 Å². The van der Waals surface area contributed by atoms with Gasteiger partial charge in [0.05, 0.1) is 10.5 Å². The lowest BCUT2D eigenvalue weighted by atomic mass is 10.1. The Labute approximate surface area is 163 Å². The number of carbonyl (C=O) groups is 2. The number of halogens is 3. The number of nitrogens with one attached hydrogen (secondary N) is 3. The zero-order chi connectivity index (χ0) is 21.8. The van der Waals surface area contributed by atoms with Crippen LogP contribution in [0.5, 0.6) is 0 Å². The molecule has 0 saturated heterocycles. The first-order valence-electron chi connectivity index (χ1n) is 8.28. The Morgan fingerprint density at radius 3 is 2.07 bits per heavy atom. The van der Waals surface area contributed by atoms with Gasteiger partial charge in [0.2, 0.25) is 11.8 Å². The molecule has 1 atom stereocenters. The van der Waals surface area contributed by atoms with E-state index in [0.717, 1.165) is 6.07 Å². The van der Waals surface area contributed by atoms with E-state index in [-0.39, 0.29) is 11.6 Å². The molecule has 0 bridgehead atoms. The Kier molecular flexibility index (Phi) is 6.42. The van der Waals surface area contributed by atoms with E-state index in [2.05, 4.69) is 16.0 Å². The summed E-state index contributed by atoms with van der Waals surface area (Å²) in [5, 5.41) is 18.8. The molecule has 0 aromatic heterocycles. The third-order valence-corrected chi connectivity index (χ3v) is 3.76. The molecule has 0 heterocycles. The number of nitro groups is 1. The van der Waals surface area contributed by atoms with Gasteiger partial charge < -0.3 is 16.0 Å². The van der Waals surface area contributed by atoms with Crippen molar-refractivity contribution in [3.63, 3.8) is 0 Å². The summed E-state index contributed by atoms with van der Waals surface area (Å²) in [4.78, 5) is 33.4. The standard InChI is InChI=1S/C18H17F3N4O4/c1-10(17(27)24-14-6-4-13(5-7-14)23-11(2)26)22-15-8-3-12(18(19,20)21)9-16(15)25(28)29/h3-10,22H,1-2H3,(H,23,26)(H,24,27)/t10-/m0/s1. The van der Waals surface area contributed by atoms with Crippen molar-refractivity contribution in [3.05, 3.63) is 58.1 Å². The van der Waals surface area contributed by atoms with E-state index < -0.39 is 34.3 Å². The quantitative estimate of drug-likeness (QED) is 0.492. The summed E-state index contributed by atoms with van der Waals surface area (Å²) >= 11 is 0. The number of carbonyl (C=O) groups excluding carboxylic acids is 2. The maximum atomic E-state index is 12.8. The zero-order valence-electron chi connectivity index (χ0n) is 15.3. The molecule has 3 N–H and O–H groups in total. The summed E-state index contributed by atoms with van der Waals surface area (Å²) in [6.45, 7) is 2.76. The van der Waals surface area contributed by atoms with Crippen molar-refractivity contribution in [1.82, 2.24) is 0 Å². The summed E-state index contributed by atoms with van der Waals surface area (Å²) in [6.07, 6.45) is -4.73. The van der Waals surface area contributed by atoms with Gasteiger partial charge in [-0.2, -0.15) is 13.2 Å². The first-order valence-corrected chi connectivity index (χ1v) is 8.28. The topological polar surface area (TPSA) is 113 Å². The molecule has 2 aromatic rings. The molecule has 0 radical (unpaired) electrons. The molecule has 2 rings (SSSR count). The number of hydrogen-bond donors (Lipinski definition) is 3. The van der Waals surface area contributed by atoms with E-state index in [1.165, 1.54) is 26.0 Å². The average molecular weight is 410 g/mol. The molecule has 11 heteroatoms. The lowest BCUT2D eigenvalue weighted by Gasteiger charge is -2.16. The SMILES string of the molecule is CC(=O)Nc1ccc(NC(=O)[C@H](C)Nc2ccc(C(F)(F)F)cc2[N+](=O)[O-])cc1. The second kappa shape index (κ2) is 8.59. The lowest BCUT2D eigenvalue weighted by Crippen LogP contribution is -2.32. The highest BCUT2D eigenvalue weighted by molar-refractivity contribution is 5.97. The Balaban J connectivity index is 2.11. The fraction of sp³-hybridized carbons (Fsp3) is 0.222. The first-order chi connectivity index (χ1) is 13.5. The van der Waals surface area contributed by atoms with Gasteiger partial charge in [-0.15, -0.1) is 0 Å². The van der Waals surface area contributed by atoms with E-state index in [4.69, 9.17) is 0 Å². The molecule has 8 nitrogen and oxygen atoms in total. The van der Waals surface area contributed by atoms with Gasteiger partial charge >= 0.3 is 6.18 Å². The fourth-order valence-electron chi connectivity index (χ4n) is 2.37. The maximum Gasteiger partial charge on any atom is 0.416 e. The Morgan fingerprint density at radius 1 is 1.03 bits per heavy atom. The van der Waals surface area contributed by atoms with Gasteiger partial charge in [0.1, 0.15) is 11.7 Å². The molecule has 0 saturated carbocycles. The van der Waals surface area contributed by atoms with E-state index in [0.29, 0.717) is 23.5 Å². The van der Waals surface area contributed by atoms with Crippen LogP contribution in [0.3, 0.4) is 0 Å². The summed E-state index contributed by atoms with van der Waals surface area (Å²) in [5.74, 6) is -0.816. The maximum absolute atomic E-state index is 12.8. The van der Waals surface area contributed by atoms with Crippen LogP contribution in [0, 0.1) is 10.1 Å². The molecule has 0 fully saturated rings. The molecule has 154 valence electrons. The number of benzene rings is 2. The highest BCUT2D eigenvalue weighted by Crippen LogP contribution is 2.35. The average Bonchev–Trinajstić information content (AvgIpc) is 2.62. The molecule has 0 spiro atoms. The zero-order valence-corrected chi connectivity index (χ0v) is 15.3. The summed E-state index contributed by atoms with van der Waals surface area (Å²) in [7, 11) is 0. The minimum absolute atomic E-state index is 0.216. The van der Waals surface area contributed by atoms with Gasteiger partial charge in [-0.1, -0.05) is 0 Å². The van der Waals surface area contributed by atoms with Gasteiger partial charge in [0, 0.05) is 24.4 Å². The molecule has 2 amide bonds. The van der Waals surface area contributed by atoms with Crippen LogP contribution in [-0.4, -0.2) is 22.8 Å². The number of anilines is 3. The van der Waals surface area contributed by atoms with Crippen LogP contribution in [0.1, 0.15) is 19.4 Å². The predicted octanol–water partition coefficient (Wildman–Crippen LogP) is 4.01. The number of rotatable bonds is 6. The predicted molar refractivity (Wildman–Crippen MR) is 101 cm³/mol. The highest BCUT2D eigenvalue weighted by Gasteiger charge is 2.33. The van der Waals surface area contributed by atoms with Gasteiger partial charge in [-0.3, -0.25) is 19.7 Å². The lowest BCUT2D eigenvalue weighted by molar-refractivity contribution is -0.384. The van der Waals surface area contributed by atoms with Crippen molar-refractivity contribution in [3.8, 4) is 0 Å². The van der Waals surface area contributed by atoms with Crippen LogP contribution >= 0.6 is 0 Å². The number of hydrogen-bond acceptors (Lipinski definition) is 5. The Hall–Kier alpha value is -3.63. The van der Waals surface area contributed by atoms with Crippen molar-refractivity contribution in [2.24, 2.45) is 0 Å². The Morgan fingerprint density at radius 2 is 1.59 bits per heavy atom. The van der Waals surface area contributed by atoms with Gasteiger partial charge in [-0.05, 0) is 43.3 Å². The first kappa shape index (κ1) is 21.7. The van der Waals surface area contributed by atoms with Crippen LogP contribution < -0.4 is 16.0 Å². The third-order valence-electron chi connectivity index (χ3n) is 3.76. The summed E-state index contributed by atoms with van der Waals surface area (Å²) in [6, 6.07) is 7.24. The van der Waals surface area contributed by atoms with Crippen LogP contribution in [-0.2, 0) is 15.8 Å². The van der Waals surface area contributed by atoms with Gasteiger partial charge in [0.25, 0.3) is 5.69 Å². The molecule has 0 aliphatic heterocycles. The van der Waals surface area contributed by atoms with Crippen molar-refractivity contribution in [2.75, 3.05) is 16.0 Å². The normalized spacial score (nSPS) is 12.0. The van der Waals surface area contributed by atoms with Crippen molar-refractivity contribution in [2.45, 2.75) is 26.1 Å².